The number of carbonyl (C=O) groups is 1. The predicted molar refractivity (Wildman–Crippen MR) is 110 cm³/mol. The number of halogens is 2. The minimum absolute atomic E-state index is 0.0298. The maximum absolute atomic E-state index is 13.4. The van der Waals surface area contributed by atoms with Crippen molar-refractivity contribution in [2.75, 3.05) is 18.0 Å². The third-order valence-electron chi connectivity index (χ3n) is 6.16. The van der Waals surface area contributed by atoms with Gasteiger partial charge in [0.2, 0.25) is 0 Å². The second-order valence-electron chi connectivity index (χ2n) is 8.13. The Labute approximate surface area is 177 Å². The minimum atomic E-state index is -4.11. The predicted octanol–water partition coefficient (Wildman–Crippen LogP) is 3.45. The van der Waals surface area contributed by atoms with Crippen molar-refractivity contribution in [3.63, 3.8) is 0 Å². The lowest BCUT2D eigenvalue weighted by molar-refractivity contribution is -0.140. The third kappa shape index (κ3) is 3.50. The summed E-state index contributed by atoms with van der Waals surface area (Å²) in [7, 11) is -4.11. The number of nitrogens with zero attached hydrogens (tertiary/aromatic N) is 1. The van der Waals surface area contributed by atoms with Crippen LogP contribution in [0.4, 0.5) is 13.8 Å². The highest BCUT2D eigenvalue weighted by Crippen LogP contribution is 2.58. The Kier molecular flexibility index (Phi) is 4.94. The number of alkyl halides is 2. The lowest BCUT2D eigenvalue weighted by atomic mass is 9.93. The maximum atomic E-state index is 13.4. The number of nitrogens with one attached hydrogen (secondary N) is 1. The molecule has 0 bridgehead atoms. The van der Waals surface area contributed by atoms with Crippen LogP contribution in [-0.2, 0) is 20.2 Å². The number of benzene rings is 1. The van der Waals surface area contributed by atoms with Crippen molar-refractivity contribution in [3.05, 3.63) is 48.0 Å². The number of carboxylic acid groups (broad SMARTS) is 1. The molecule has 162 valence electrons. The van der Waals surface area contributed by atoms with Gasteiger partial charge in [0.25, 0.3) is 15.9 Å². The van der Waals surface area contributed by atoms with Gasteiger partial charge < -0.3 is 10.0 Å². The van der Waals surface area contributed by atoms with Crippen LogP contribution in [0.15, 0.2) is 46.7 Å². The summed E-state index contributed by atoms with van der Waals surface area (Å²) in [5.41, 5.74) is -1.76. The monoisotopic (exact) mass is 456 g/mol. The molecule has 2 atom stereocenters. The Hall–Kier alpha value is -2.04. The lowest BCUT2D eigenvalue weighted by Gasteiger charge is -2.32. The Morgan fingerprint density at radius 3 is 2.37 bits per heavy atom. The summed E-state index contributed by atoms with van der Waals surface area (Å²) in [4.78, 5) is 13.8. The van der Waals surface area contributed by atoms with Crippen LogP contribution in [0.1, 0.15) is 31.7 Å². The molecule has 1 aromatic heterocycles. The molecule has 0 amide bonds. The van der Waals surface area contributed by atoms with Gasteiger partial charge in [-0.1, -0.05) is 37.3 Å². The second-order valence-corrected chi connectivity index (χ2v) is 11.1. The summed E-state index contributed by atoms with van der Waals surface area (Å²) < 4.78 is 55.2. The van der Waals surface area contributed by atoms with E-state index < -0.39 is 32.9 Å². The van der Waals surface area contributed by atoms with Crippen LogP contribution < -0.4 is 9.62 Å². The van der Waals surface area contributed by atoms with Crippen molar-refractivity contribution >= 4 is 32.3 Å². The molecule has 1 aromatic carbocycles. The van der Waals surface area contributed by atoms with Crippen molar-refractivity contribution in [1.29, 1.82) is 0 Å². The number of sulfonamides is 1. The Balaban J connectivity index is 1.56. The zero-order valence-corrected chi connectivity index (χ0v) is 17.9. The molecule has 0 radical (unpaired) electrons. The number of hydrogen-bond acceptors (Lipinski definition) is 5. The fourth-order valence-electron chi connectivity index (χ4n) is 4.10. The van der Waals surface area contributed by atoms with Gasteiger partial charge in [-0.05, 0) is 24.1 Å². The van der Waals surface area contributed by atoms with Gasteiger partial charge >= 0.3 is 5.97 Å². The van der Waals surface area contributed by atoms with E-state index >= 15 is 0 Å². The third-order valence-corrected chi connectivity index (χ3v) is 9.29. The summed E-state index contributed by atoms with van der Waals surface area (Å²) in [6.45, 7) is 2.02. The number of aliphatic carboxylic acids is 1. The van der Waals surface area contributed by atoms with Gasteiger partial charge in [-0.15, -0.1) is 11.3 Å². The van der Waals surface area contributed by atoms with Crippen molar-refractivity contribution in [2.24, 2.45) is 0 Å². The van der Waals surface area contributed by atoms with E-state index in [1.807, 2.05) is 6.07 Å². The highest BCUT2D eigenvalue weighted by molar-refractivity contribution is 7.91. The topological polar surface area (TPSA) is 86.7 Å². The molecule has 1 saturated carbocycles. The van der Waals surface area contributed by atoms with Gasteiger partial charge in [0, 0.05) is 31.3 Å². The average molecular weight is 457 g/mol. The summed E-state index contributed by atoms with van der Waals surface area (Å²) in [6.07, 6.45) is -0.413. The van der Waals surface area contributed by atoms with E-state index in [0.717, 1.165) is 16.9 Å². The molecule has 0 spiro atoms. The lowest BCUT2D eigenvalue weighted by Crippen LogP contribution is -2.47. The Morgan fingerprint density at radius 1 is 1.13 bits per heavy atom. The highest BCUT2D eigenvalue weighted by Gasteiger charge is 2.72. The summed E-state index contributed by atoms with van der Waals surface area (Å²) >= 11 is 0.960. The van der Waals surface area contributed by atoms with E-state index in [2.05, 4.69) is 4.72 Å². The van der Waals surface area contributed by atoms with Crippen LogP contribution in [0.25, 0.3) is 0 Å². The summed E-state index contributed by atoms with van der Waals surface area (Å²) in [5, 5.41) is 10.4. The fourth-order valence-corrected chi connectivity index (χ4v) is 6.90. The largest absolute Gasteiger partial charge is 0.480 e. The fraction of sp³-hybridized carbons (Fsp3) is 0.450. The number of thiophene rings is 1. The molecule has 30 heavy (non-hydrogen) atoms. The van der Waals surface area contributed by atoms with E-state index in [4.69, 9.17) is 0 Å². The van der Waals surface area contributed by atoms with Crippen LogP contribution >= 0.6 is 11.3 Å². The smallest absolute Gasteiger partial charge is 0.325 e. The van der Waals surface area contributed by atoms with E-state index in [-0.39, 0.29) is 36.6 Å². The SMILES string of the molecule is C[C@]1(c2ccccc2)C[C@@]1(NS(=O)(=O)c1ccc(N2CCC(F)(F)CC2)s1)C(=O)O. The molecule has 2 heterocycles. The normalized spacial score (nSPS) is 28.3. The molecule has 2 aromatic rings. The number of carboxylic acids is 1. The molecule has 6 nitrogen and oxygen atoms in total. The number of piperidine rings is 1. The number of anilines is 1. The van der Waals surface area contributed by atoms with Crippen LogP contribution in [-0.4, -0.2) is 44.0 Å². The molecule has 2 fully saturated rings. The second kappa shape index (κ2) is 7.00. The van der Waals surface area contributed by atoms with E-state index in [0.29, 0.717) is 5.00 Å². The van der Waals surface area contributed by atoms with Gasteiger partial charge in [-0.3, -0.25) is 4.79 Å². The van der Waals surface area contributed by atoms with Crippen molar-refractivity contribution in [2.45, 2.75) is 47.3 Å². The number of rotatable bonds is 6. The summed E-state index contributed by atoms with van der Waals surface area (Å²) in [5.74, 6) is -3.92. The first-order chi connectivity index (χ1) is 14.0. The van der Waals surface area contributed by atoms with Gasteiger partial charge in [0.05, 0.1) is 5.00 Å². The molecule has 1 aliphatic carbocycles. The molecule has 0 unspecified atom stereocenters. The highest BCUT2D eigenvalue weighted by atomic mass is 32.2. The zero-order valence-electron chi connectivity index (χ0n) is 16.3. The van der Waals surface area contributed by atoms with Gasteiger partial charge in [-0.25, -0.2) is 17.2 Å². The molecular formula is C20H22F2N2O4S2. The van der Waals surface area contributed by atoms with Gasteiger partial charge in [0.1, 0.15) is 9.75 Å². The molecule has 4 rings (SSSR count). The molecule has 10 heteroatoms. The number of hydrogen-bond donors (Lipinski definition) is 2. The minimum Gasteiger partial charge on any atom is -0.480 e. The summed E-state index contributed by atoms with van der Waals surface area (Å²) in [6, 6.07) is 11.9. The first kappa shape index (κ1) is 21.2. The molecular weight excluding hydrogens is 434 g/mol. The Bertz CT molecular complexity index is 1060. The first-order valence-electron chi connectivity index (χ1n) is 9.55. The molecule has 1 aliphatic heterocycles. The standard InChI is InChI=1S/C20H22F2N2O4S2/c1-18(14-5-3-2-4-6-14)13-20(18,17(25)26)23-30(27,28)16-8-7-15(29-16)24-11-9-19(21,22)10-12-24/h2-8,23H,9-13H2,1H3,(H,25,26)/t18-,20-/m1/s1. The maximum Gasteiger partial charge on any atom is 0.325 e. The van der Waals surface area contributed by atoms with Crippen molar-refractivity contribution < 1.29 is 27.1 Å². The van der Waals surface area contributed by atoms with Crippen LogP contribution in [0.5, 0.6) is 0 Å². The van der Waals surface area contributed by atoms with Gasteiger partial charge in [0.15, 0.2) is 0 Å². The Morgan fingerprint density at radius 2 is 1.77 bits per heavy atom. The van der Waals surface area contributed by atoms with Crippen LogP contribution in [0.2, 0.25) is 0 Å². The molecule has 2 aliphatic rings. The average Bonchev–Trinajstić information content (AvgIpc) is 3.04. The van der Waals surface area contributed by atoms with Crippen LogP contribution in [0, 0.1) is 0 Å². The van der Waals surface area contributed by atoms with Gasteiger partial charge in [-0.2, -0.15) is 4.72 Å². The molecule has 2 N–H and O–H groups in total. The van der Waals surface area contributed by atoms with E-state index in [1.54, 1.807) is 42.2 Å². The van der Waals surface area contributed by atoms with Crippen molar-refractivity contribution in [3.8, 4) is 0 Å². The zero-order chi connectivity index (χ0) is 21.8. The van der Waals surface area contributed by atoms with E-state index in [1.165, 1.54) is 6.07 Å². The quantitative estimate of drug-likeness (QED) is 0.695. The van der Waals surface area contributed by atoms with E-state index in [9.17, 15) is 27.1 Å². The molecule has 1 saturated heterocycles. The van der Waals surface area contributed by atoms with Crippen LogP contribution in [0.3, 0.4) is 0 Å². The van der Waals surface area contributed by atoms with Crippen molar-refractivity contribution in [1.82, 2.24) is 4.72 Å². The first-order valence-corrected chi connectivity index (χ1v) is 11.8.